The number of aliphatic hydroxyl groups excluding tert-OH is 1. The van der Waals surface area contributed by atoms with Crippen LogP contribution in [0.3, 0.4) is 0 Å². The van der Waals surface area contributed by atoms with Crippen LogP contribution in [0.5, 0.6) is 0 Å². The number of hydrogen-bond donors (Lipinski definition) is 3. The Morgan fingerprint density at radius 3 is 3.10 bits per heavy atom. The highest BCUT2D eigenvalue weighted by Gasteiger charge is 2.29. The number of likely N-dealkylation sites (tertiary alicyclic amines) is 1. The van der Waals surface area contributed by atoms with Gasteiger partial charge in [-0.05, 0) is 18.4 Å². The lowest BCUT2D eigenvalue weighted by molar-refractivity contribution is -0.132. The van der Waals surface area contributed by atoms with Gasteiger partial charge in [-0.1, -0.05) is 6.92 Å². The van der Waals surface area contributed by atoms with E-state index in [1.54, 1.807) is 17.3 Å². The fraction of sp³-hybridized carbons (Fsp3) is 0.421. The molecule has 1 fully saturated rings. The number of nitrogens with one attached hydrogen (secondary N) is 2. The number of hydrogen-bond acceptors (Lipinski definition) is 8. The molecule has 1 aliphatic heterocycles. The molecule has 0 aromatic carbocycles. The van der Waals surface area contributed by atoms with Gasteiger partial charge in [-0.25, -0.2) is 4.98 Å². The molecule has 4 heterocycles. The number of piperidine rings is 1. The van der Waals surface area contributed by atoms with Crippen molar-refractivity contribution >= 4 is 22.6 Å². The van der Waals surface area contributed by atoms with E-state index in [0.717, 1.165) is 17.5 Å². The molecule has 10 heteroatoms. The van der Waals surface area contributed by atoms with E-state index < -0.39 is 0 Å². The monoisotopic (exact) mass is 395 g/mol. The van der Waals surface area contributed by atoms with Gasteiger partial charge in [0.05, 0.1) is 17.3 Å². The quantitative estimate of drug-likeness (QED) is 0.592. The molecule has 1 aliphatic rings. The van der Waals surface area contributed by atoms with E-state index in [4.69, 9.17) is 9.68 Å². The van der Waals surface area contributed by atoms with Crippen molar-refractivity contribution in [3.05, 3.63) is 24.4 Å². The normalized spacial score (nSPS) is 19.3. The molecule has 0 radical (unpaired) electrons. The lowest BCUT2D eigenvalue weighted by Crippen LogP contribution is -2.48. The Labute approximate surface area is 166 Å². The maximum absolute atomic E-state index is 12.2. The zero-order chi connectivity index (χ0) is 20.4. The molecule has 4 rings (SSSR count). The number of aromatic amines is 1. The average molecular weight is 395 g/mol. The van der Waals surface area contributed by atoms with Gasteiger partial charge in [0.2, 0.25) is 11.8 Å². The Kier molecular flexibility index (Phi) is 5.14. The first-order chi connectivity index (χ1) is 14.1. The Bertz CT molecular complexity index is 1070. The van der Waals surface area contributed by atoms with Crippen molar-refractivity contribution in [3.8, 4) is 17.5 Å². The van der Waals surface area contributed by atoms with E-state index in [-0.39, 0.29) is 36.8 Å². The van der Waals surface area contributed by atoms with Crippen molar-refractivity contribution in [2.45, 2.75) is 32.4 Å². The molecule has 2 atom stereocenters. The summed E-state index contributed by atoms with van der Waals surface area (Å²) in [6, 6.07) is 3.82. The van der Waals surface area contributed by atoms with Gasteiger partial charge >= 0.3 is 0 Å². The zero-order valence-electron chi connectivity index (χ0n) is 15.9. The third kappa shape index (κ3) is 3.77. The Morgan fingerprint density at radius 1 is 1.48 bits per heavy atom. The number of rotatable bonds is 5. The number of amides is 1. The van der Waals surface area contributed by atoms with Crippen LogP contribution in [0.1, 0.15) is 25.7 Å². The number of H-pyrrole nitrogens is 1. The second-order valence-electron chi connectivity index (χ2n) is 7.26. The Hall–Kier alpha value is -3.45. The molecule has 29 heavy (non-hydrogen) atoms. The summed E-state index contributed by atoms with van der Waals surface area (Å²) in [6.45, 7) is 2.90. The summed E-state index contributed by atoms with van der Waals surface area (Å²) in [7, 11) is 0. The molecule has 0 saturated carbocycles. The van der Waals surface area contributed by atoms with Crippen LogP contribution in [-0.2, 0) is 11.4 Å². The lowest BCUT2D eigenvalue weighted by atomic mass is 9.95. The van der Waals surface area contributed by atoms with Crippen LogP contribution in [0.2, 0.25) is 0 Å². The van der Waals surface area contributed by atoms with Crippen LogP contribution in [0.25, 0.3) is 22.5 Å². The molecule has 150 valence electrons. The van der Waals surface area contributed by atoms with Crippen LogP contribution < -0.4 is 5.32 Å². The molecule has 0 bridgehead atoms. The molecular weight excluding hydrogens is 374 g/mol. The van der Waals surface area contributed by atoms with Gasteiger partial charge in [0.15, 0.2) is 0 Å². The Balaban J connectivity index is 1.67. The van der Waals surface area contributed by atoms with Crippen LogP contribution in [0, 0.1) is 17.2 Å². The minimum Gasteiger partial charge on any atom is -0.418 e. The van der Waals surface area contributed by atoms with Crippen molar-refractivity contribution in [1.29, 1.82) is 5.26 Å². The molecule has 1 amide bonds. The molecule has 1 saturated heterocycles. The van der Waals surface area contributed by atoms with Crippen molar-refractivity contribution < 1.29 is 14.3 Å². The van der Waals surface area contributed by atoms with E-state index in [1.165, 1.54) is 0 Å². The number of aromatic nitrogens is 4. The van der Waals surface area contributed by atoms with Crippen molar-refractivity contribution in [2.75, 3.05) is 18.4 Å². The molecule has 0 unspecified atom stereocenters. The molecule has 3 aromatic heterocycles. The predicted molar refractivity (Wildman–Crippen MR) is 103 cm³/mol. The average Bonchev–Trinajstić information content (AvgIpc) is 3.37. The van der Waals surface area contributed by atoms with E-state index in [9.17, 15) is 9.90 Å². The zero-order valence-corrected chi connectivity index (χ0v) is 15.9. The van der Waals surface area contributed by atoms with Crippen molar-refractivity contribution in [2.24, 2.45) is 5.92 Å². The smallest absolute Gasteiger partial charge is 0.251 e. The Morgan fingerprint density at radius 2 is 2.34 bits per heavy atom. The standard InChI is InChI=1S/C19H21N7O3/c1-11-6-12(9-26(8-11)16(28)2-4-20)23-17-13-3-5-21-18(13)22-7-14(17)19-25-24-15(10-27)29-19/h3,5,7,11-12,27H,2,6,8-10H2,1H3,(H2,21,22,23)/t11-,12+/m0/s1. The second-order valence-corrected chi connectivity index (χ2v) is 7.26. The number of pyridine rings is 1. The third-order valence-corrected chi connectivity index (χ3v) is 5.01. The number of nitriles is 1. The van der Waals surface area contributed by atoms with Gasteiger partial charge < -0.3 is 24.7 Å². The summed E-state index contributed by atoms with van der Waals surface area (Å²) >= 11 is 0. The summed E-state index contributed by atoms with van der Waals surface area (Å²) in [6.07, 6.45) is 4.19. The third-order valence-electron chi connectivity index (χ3n) is 5.01. The summed E-state index contributed by atoms with van der Waals surface area (Å²) in [5.74, 6) is 0.519. The first kappa shape index (κ1) is 18.9. The van der Waals surface area contributed by atoms with Gasteiger partial charge in [0, 0.05) is 36.9 Å². The highest BCUT2D eigenvalue weighted by molar-refractivity contribution is 5.97. The van der Waals surface area contributed by atoms with E-state index in [0.29, 0.717) is 30.2 Å². The summed E-state index contributed by atoms with van der Waals surface area (Å²) in [5, 5.41) is 30.3. The van der Waals surface area contributed by atoms with Gasteiger partial charge in [-0.3, -0.25) is 4.79 Å². The maximum atomic E-state index is 12.2. The lowest BCUT2D eigenvalue weighted by Gasteiger charge is -2.37. The van der Waals surface area contributed by atoms with Crippen LogP contribution in [0.4, 0.5) is 5.69 Å². The largest absolute Gasteiger partial charge is 0.418 e. The maximum Gasteiger partial charge on any atom is 0.251 e. The van der Waals surface area contributed by atoms with Crippen molar-refractivity contribution in [1.82, 2.24) is 25.1 Å². The number of anilines is 1. The SMILES string of the molecule is C[C@H]1C[C@@H](Nc2c(-c3nnc(CO)o3)cnc3[nH]ccc23)CN(C(=O)CC#N)C1. The van der Waals surface area contributed by atoms with Gasteiger partial charge in [0.25, 0.3) is 5.89 Å². The van der Waals surface area contributed by atoms with Gasteiger partial charge in [-0.2, -0.15) is 5.26 Å². The minimum atomic E-state index is -0.342. The molecule has 0 aliphatic carbocycles. The number of carbonyl (C=O) groups excluding carboxylic acids is 1. The topological polar surface area (TPSA) is 144 Å². The van der Waals surface area contributed by atoms with Crippen LogP contribution in [0.15, 0.2) is 22.9 Å². The summed E-state index contributed by atoms with van der Waals surface area (Å²) in [5.41, 5.74) is 2.10. The number of nitrogens with zero attached hydrogens (tertiary/aromatic N) is 5. The fourth-order valence-corrected chi connectivity index (χ4v) is 3.80. The van der Waals surface area contributed by atoms with Crippen LogP contribution >= 0.6 is 0 Å². The summed E-state index contributed by atoms with van der Waals surface area (Å²) in [4.78, 5) is 21.5. The first-order valence-corrected chi connectivity index (χ1v) is 9.40. The summed E-state index contributed by atoms with van der Waals surface area (Å²) < 4.78 is 5.52. The van der Waals surface area contributed by atoms with E-state index in [1.807, 2.05) is 12.1 Å². The molecule has 3 aromatic rings. The predicted octanol–water partition coefficient (Wildman–Crippen LogP) is 1.67. The van der Waals surface area contributed by atoms with Crippen LogP contribution in [-0.4, -0.2) is 55.2 Å². The highest BCUT2D eigenvalue weighted by Crippen LogP contribution is 2.34. The molecule has 0 spiro atoms. The number of aliphatic hydroxyl groups is 1. The highest BCUT2D eigenvalue weighted by atomic mass is 16.4. The van der Waals surface area contributed by atoms with Gasteiger partial charge in [0.1, 0.15) is 18.7 Å². The van der Waals surface area contributed by atoms with E-state index in [2.05, 4.69) is 32.4 Å². The minimum absolute atomic E-state index is 0.0131. The molecular formula is C19H21N7O3. The number of fused-ring (bicyclic) bond motifs is 1. The molecule has 3 N–H and O–H groups in total. The van der Waals surface area contributed by atoms with E-state index >= 15 is 0 Å². The first-order valence-electron chi connectivity index (χ1n) is 9.40. The number of carbonyl (C=O) groups is 1. The van der Waals surface area contributed by atoms with Crippen molar-refractivity contribution in [3.63, 3.8) is 0 Å². The second kappa shape index (κ2) is 7.89. The van der Waals surface area contributed by atoms with Gasteiger partial charge in [-0.15, -0.1) is 10.2 Å². The molecule has 10 nitrogen and oxygen atoms in total. The fourth-order valence-electron chi connectivity index (χ4n) is 3.80.